The van der Waals surface area contributed by atoms with Crippen LogP contribution in [0, 0.1) is 0 Å². The van der Waals surface area contributed by atoms with Crippen molar-refractivity contribution in [2.24, 2.45) is 7.05 Å². The predicted molar refractivity (Wildman–Crippen MR) is 99.6 cm³/mol. The van der Waals surface area contributed by atoms with Gasteiger partial charge in [-0.25, -0.2) is 0 Å². The zero-order valence-corrected chi connectivity index (χ0v) is 15.4. The monoisotopic (exact) mass is 355 g/mol. The van der Waals surface area contributed by atoms with Crippen LogP contribution in [-0.2, 0) is 16.6 Å². The van der Waals surface area contributed by atoms with E-state index in [0.717, 1.165) is 17.7 Å². The fourth-order valence-electron chi connectivity index (χ4n) is 3.46. The fourth-order valence-corrected chi connectivity index (χ4v) is 3.46. The number of amides is 2. The Hall–Kier alpha value is -2.67. The number of benzene rings is 1. The van der Waals surface area contributed by atoms with Gasteiger partial charge in [-0.2, -0.15) is 5.10 Å². The maximum atomic E-state index is 13.0. The minimum absolute atomic E-state index is 0.0284. The van der Waals surface area contributed by atoms with Crippen molar-refractivity contribution in [2.75, 3.05) is 25.5 Å². The number of aryl methyl sites for hydroxylation is 1. The summed E-state index contributed by atoms with van der Waals surface area (Å²) in [4.78, 5) is 29.4. The summed E-state index contributed by atoms with van der Waals surface area (Å²) in [5.41, 5.74) is 1.66. The number of piperidine rings is 1. The molecule has 1 aliphatic heterocycles. The first-order valence-corrected chi connectivity index (χ1v) is 8.82. The highest BCUT2D eigenvalue weighted by atomic mass is 16.2. The first kappa shape index (κ1) is 18.1. The van der Waals surface area contributed by atoms with E-state index in [9.17, 15) is 9.59 Å². The van der Waals surface area contributed by atoms with Crippen molar-refractivity contribution in [2.45, 2.75) is 24.9 Å². The van der Waals surface area contributed by atoms with E-state index in [1.807, 2.05) is 43.6 Å². The van der Waals surface area contributed by atoms with Gasteiger partial charge in [-0.15, -0.1) is 0 Å². The molecule has 7 heteroatoms. The van der Waals surface area contributed by atoms with E-state index in [-0.39, 0.29) is 11.8 Å². The summed E-state index contributed by atoms with van der Waals surface area (Å²) >= 11 is 0. The van der Waals surface area contributed by atoms with Gasteiger partial charge in [0.1, 0.15) is 12.1 Å². The molecule has 26 heavy (non-hydrogen) atoms. The number of carbonyl (C=O) groups is 2. The Morgan fingerprint density at radius 2 is 2.08 bits per heavy atom. The van der Waals surface area contributed by atoms with E-state index in [2.05, 4.69) is 10.4 Å². The van der Waals surface area contributed by atoms with Crippen LogP contribution in [-0.4, -0.2) is 53.2 Å². The number of rotatable bonds is 5. The molecule has 0 radical (unpaired) electrons. The lowest BCUT2D eigenvalue weighted by Gasteiger charge is -2.37. The van der Waals surface area contributed by atoms with Crippen LogP contribution in [0.3, 0.4) is 0 Å². The Labute approximate surface area is 153 Å². The summed E-state index contributed by atoms with van der Waals surface area (Å²) in [5, 5.41) is 7.18. The number of carbonyl (C=O) groups excluding carboxylic acids is 2. The Kier molecular flexibility index (Phi) is 5.37. The first-order valence-electron chi connectivity index (χ1n) is 8.82. The number of nitrogens with one attached hydrogen (secondary N) is 1. The number of likely N-dealkylation sites (N-methyl/N-ethyl adjacent to an activating group) is 2. The van der Waals surface area contributed by atoms with E-state index >= 15 is 0 Å². The second kappa shape index (κ2) is 7.70. The van der Waals surface area contributed by atoms with Crippen LogP contribution in [0.4, 0.5) is 5.69 Å². The quantitative estimate of drug-likeness (QED) is 0.879. The molecule has 1 fully saturated rings. The summed E-state index contributed by atoms with van der Waals surface area (Å²) < 4.78 is 1.66. The molecule has 0 spiro atoms. The van der Waals surface area contributed by atoms with Gasteiger partial charge in [-0.3, -0.25) is 14.3 Å². The number of para-hydroxylation sites is 1. The molecule has 3 rings (SSSR count). The van der Waals surface area contributed by atoms with Gasteiger partial charge in [0.05, 0.1) is 6.20 Å². The van der Waals surface area contributed by atoms with Crippen LogP contribution in [0.25, 0.3) is 0 Å². The lowest BCUT2D eigenvalue weighted by atomic mass is 10.0. The molecular formula is C19H25N5O2. The van der Waals surface area contributed by atoms with Gasteiger partial charge in [0, 0.05) is 38.1 Å². The first-order chi connectivity index (χ1) is 12.5. The molecule has 1 aromatic heterocycles. The van der Waals surface area contributed by atoms with Gasteiger partial charge in [0.2, 0.25) is 11.8 Å². The maximum absolute atomic E-state index is 13.0. The van der Waals surface area contributed by atoms with Crippen LogP contribution in [0.5, 0.6) is 0 Å². The third-order valence-electron chi connectivity index (χ3n) is 4.89. The topological polar surface area (TPSA) is 70.5 Å². The molecule has 1 N–H and O–H groups in total. The van der Waals surface area contributed by atoms with E-state index in [1.54, 1.807) is 34.8 Å². The molecule has 1 aliphatic rings. The van der Waals surface area contributed by atoms with Gasteiger partial charge >= 0.3 is 0 Å². The molecule has 2 unspecified atom stereocenters. The molecule has 138 valence electrons. The van der Waals surface area contributed by atoms with Crippen molar-refractivity contribution in [1.29, 1.82) is 0 Å². The number of anilines is 1. The van der Waals surface area contributed by atoms with Crippen LogP contribution >= 0.6 is 0 Å². The predicted octanol–water partition coefficient (Wildman–Crippen LogP) is 1.33. The van der Waals surface area contributed by atoms with Gasteiger partial charge in [0.25, 0.3) is 0 Å². The van der Waals surface area contributed by atoms with Crippen molar-refractivity contribution in [1.82, 2.24) is 20.0 Å². The molecular weight excluding hydrogens is 330 g/mol. The fraction of sp³-hybridized carbons (Fsp3) is 0.421. The Balaban J connectivity index is 1.78. The average molecular weight is 355 g/mol. The molecule has 2 atom stereocenters. The van der Waals surface area contributed by atoms with Crippen LogP contribution < -0.4 is 10.2 Å². The lowest BCUT2D eigenvalue weighted by Crippen LogP contribution is -2.54. The standard InChI is InChI=1S/C19H25N5O2/c1-20-17(14-12-21-22(2)13-14)19(26)23(3)16-10-7-11-24(18(16)25)15-8-5-4-6-9-15/h4-6,8-9,12-13,16-17,20H,7,10-11H2,1-3H3. The molecule has 2 heterocycles. The summed E-state index contributed by atoms with van der Waals surface area (Å²) in [6.45, 7) is 0.680. The molecule has 1 saturated heterocycles. The number of aromatic nitrogens is 2. The summed E-state index contributed by atoms with van der Waals surface area (Å²) in [6.07, 6.45) is 5.02. The minimum atomic E-state index is -0.520. The highest BCUT2D eigenvalue weighted by Crippen LogP contribution is 2.25. The third-order valence-corrected chi connectivity index (χ3v) is 4.89. The molecule has 0 aliphatic carbocycles. The summed E-state index contributed by atoms with van der Waals surface area (Å²) in [6, 6.07) is 8.64. The van der Waals surface area contributed by atoms with Crippen LogP contribution in [0.1, 0.15) is 24.4 Å². The SMILES string of the molecule is CNC(C(=O)N(C)C1CCCN(c2ccccc2)C1=O)c1cnn(C)c1. The number of hydrogen-bond donors (Lipinski definition) is 1. The van der Waals surface area contributed by atoms with E-state index in [0.29, 0.717) is 13.0 Å². The van der Waals surface area contributed by atoms with E-state index < -0.39 is 12.1 Å². The van der Waals surface area contributed by atoms with Crippen molar-refractivity contribution in [3.05, 3.63) is 48.3 Å². The molecule has 2 aromatic rings. The smallest absolute Gasteiger partial charge is 0.249 e. The third kappa shape index (κ3) is 3.48. The van der Waals surface area contributed by atoms with Gasteiger partial charge in [0.15, 0.2) is 0 Å². The Bertz CT molecular complexity index is 773. The molecule has 1 aromatic carbocycles. The van der Waals surface area contributed by atoms with Crippen molar-refractivity contribution in [3.63, 3.8) is 0 Å². The van der Waals surface area contributed by atoms with Crippen molar-refractivity contribution in [3.8, 4) is 0 Å². The maximum Gasteiger partial charge on any atom is 0.249 e. The number of hydrogen-bond acceptors (Lipinski definition) is 4. The van der Waals surface area contributed by atoms with Gasteiger partial charge in [-0.1, -0.05) is 18.2 Å². The highest BCUT2D eigenvalue weighted by molar-refractivity contribution is 6.00. The largest absolute Gasteiger partial charge is 0.332 e. The molecule has 0 bridgehead atoms. The average Bonchev–Trinajstić information content (AvgIpc) is 3.08. The van der Waals surface area contributed by atoms with Crippen molar-refractivity contribution < 1.29 is 9.59 Å². The molecule has 2 amide bonds. The van der Waals surface area contributed by atoms with Gasteiger partial charge in [-0.05, 0) is 32.0 Å². The molecule has 0 saturated carbocycles. The van der Waals surface area contributed by atoms with Gasteiger partial charge < -0.3 is 15.1 Å². The van der Waals surface area contributed by atoms with E-state index in [4.69, 9.17) is 0 Å². The van der Waals surface area contributed by atoms with Crippen LogP contribution in [0.2, 0.25) is 0 Å². The van der Waals surface area contributed by atoms with Crippen LogP contribution in [0.15, 0.2) is 42.7 Å². The van der Waals surface area contributed by atoms with E-state index in [1.165, 1.54) is 0 Å². The minimum Gasteiger partial charge on any atom is -0.332 e. The normalized spacial score (nSPS) is 18.7. The summed E-state index contributed by atoms with van der Waals surface area (Å²) in [5.74, 6) is -0.159. The number of nitrogens with zero attached hydrogens (tertiary/aromatic N) is 4. The Morgan fingerprint density at radius 3 is 2.69 bits per heavy atom. The second-order valence-corrected chi connectivity index (χ2v) is 6.60. The highest BCUT2D eigenvalue weighted by Gasteiger charge is 2.36. The molecule has 7 nitrogen and oxygen atoms in total. The van der Waals surface area contributed by atoms with Crippen molar-refractivity contribution >= 4 is 17.5 Å². The Morgan fingerprint density at radius 1 is 1.35 bits per heavy atom. The zero-order valence-electron chi connectivity index (χ0n) is 15.4. The second-order valence-electron chi connectivity index (χ2n) is 6.60. The lowest BCUT2D eigenvalue weighted by molar-refractivity contribution is -0.140. The zero-order chi connectivity index (χ0) is 18.7. The summed E-state index contributed by atoms with van der Waals surface area (Å²) in [7, 11) is 5.26.